The first-order valence-corrected chi connectivity index (χ1v) is 5.35. The largest absolute Gasteiger partial charge is 0.283 e. The molecule has 0 saturated carbocycles. The van der Waals surface area contributed by atoms with Crippen molar-refractivity contribution in [1.29, 1.82) is 0 Å². The fourth-order valence-electron chi connectivity index (χ4n) is 0.872. The van der Waals surface area contributed by atoms with Gasteiger partial charge in [0.05, 0.1) is 0 Å². The summed E-state index contributed by atoms with van der Waals surface area (Å²) in [5.41, 5.74) is 0.341. The minimum atomic E-state index is -2.48. The van der Waals surface area contributed by atoms with Gasteiger partial charge >= 0.3 is 0 Å². The summed E-state index contributed by atoms with van der Waals surface area (Å²) in [4.78, 5) is 0. The number of hydrogen-bond acceptors (Lipinski definition) is 0. The Bertz CT molecular complexity index is 296. The van der Waals surface area contributed by atoms with Crippen LogP contribution in [0, 0.1) is 0 Å². The summed E-state index contributed by atoms with van der Waals surface area (Å²) < 4.78 is 8.99. The Kier molecular flexibility index (Phi) is 3.83. The van der Waals surface area contributed by atoms with E-state index in [2.05, 4.69) is 0 Å². The van der Waals surface area contributed by atoms with Crippen molar-refractivity contribution in [1.82, 2.24) is 0 Å². The highest BCUT2D eigenvalue weighted by Crippen LogP contribution is 2.41. The quantitative estimate of drug-likeness (QED) is 0.635. The third-order valence-electron chi connectivity index (χ3n) is 1.52. The lowest BCUT2D eigenvalue weighted by atomic mass is 10.1. The van der Waals surface area contributed by atoms with Crippen molar-refractivity contribution in [2.45, 2.75) is 8.38 Å². The van der Waals surface area contributed by atoms with Gasteiger partial charge in [-0.3, -0.25) is 0 Å². The lowest BCUT2D eigenvalue weighted by Gasteiger charge is -2.15. The van der Waals surface area contributed by atoms with Gasteiger partial charge in [-0.2, -0.15) is 0 Å². The molecule has 0 saturated heterocycles. The van der Waals surface area contributed by atoms with Crippen LogP contribution < -0.4 is 0 Å². The number of benzene rings is 1. The molecule has 0 aliphatic heterocycles. The lowest BCUT2D eigenvalue weighted by Crippen LogP contribution is -2.06. The van der Waals surface area contributed by atoms with Crippen LogP contribution in [0.4, 0.5) is 4.39 Å². The van der Waals surface area contributed by atoms with E-state index in [1.807, 2.05) is 0 Å². The molecule has 0 spiro atoms. The van der Waals surface area contributed by atoms with E-state index in [4.69, 9.17) is 58.0 Å². The van der Waals surface area contributed by atoms with Crippen molar-refractivity contribution >= 4 is 58.0 Å². The van der Waals surface area contributed by atoms with Crippen LogP contribution in [0.15, 0.2) is 24.3 Å². The standard InChI is InChI=1S/C8H4Cl5F/c9-7(10,11)5-2-1-3-6(4-5)8(12,13)14/h1-4H. The van der Waals surface area contributed by atoms with Crippen molar-refractivity contribution in [2.24, 2.45) is 0 Å². The lowest BCUT2D eigenvalue weighted by molar-refractivity contribution is 0.405. The predicted molar refractivity (Wildman–Crippen MR) is 60.2 cm³/mol. The topological polar surface area (TPSA) is 0 Å². The Hall–Kier alpha value is 0.600. The average molecular weight is 296 g/mol. The van der Waals surface area contributed by atoms with Crippen LogP contribution in [0.3, 0.4) is 0 Å². The molecule has 0 heterocycles. The normalized spacial score (nSPS) is 13.0. The van der Waals surface area contributed by atoms with E-state index in [1.54, 1.807) is 0 Å². The second-order valence-electron chi connectivity index (χ2n) is 2.58. The zero-order valence-corrected chi connectivity index (χ0v) is 10.4. The van der Waals surface area contributed by atoms with Gasteiger partial charge < -0.3 is 0 Å². The van der Waals surface area contributed by atoms with E-state index >= 15 is 0 Å². The molecule has 0 unspecified atom stereocenters. The van der Waals surface area contributed by atoms with Crippen molar-refractivity contribution < 1.29 is 4.39 Å². The second-order valence-corrected chi connectivity index (χ2v) is 6.09. The van der Waals surface area contributed by atoms with Gasteiger partial charge in [0.2, 0.25) is 3.79 Å². The maximum Gasteiger partial charge on any atom is 0.283 e. The molecule has 6 heteroatoms. The van der Waals surface area contributed by atoms with E-state index < -0.39 is 8.38 Å². The summed E-state index contributed by atoms with van der Waals surface area (Å²) in [6.07, 6.45) is 0. The molecular weight excluding hydrogens is 292 g/mol. The Morgan fingerprint density at radius 2 is 1.43 bits per heavy atom. The summed E-state index contributed by atoms with van der Waals surface area (Å²) in [5.74, 6) is 0. The van der Waals surface area contributed by atoms with Crippen LogP contribution in [-0.4, -0.2) is 0 Å². The molecule has 0 fully saturated rings. The van der Waals surface area contributed by atoms with Crippen molar-refractivity contribution in [3.63, 3.8) is 0 Å². The van der Waals surface area contributed by atoms with Crippen molar-refractivity contribution in [2.75, 3.05) is 0 Å². The molecule has 1 aromatic carbocycles. The van der Waals surface area contributed by atoms with E-state index in [0.29, 0.717) is 5.56 Å². The van der Waals surface area contributed by atoms with Crippen molar-refractivity contribution in [3.05, 3.63) is 35.4 Å². The van der Waals surface area contributed by atoms with Gasteiger partial charge in [0.1, 0.15) is 0 Å². The van der Waals surface area contributed by atoms with Gasteiger partial charge in [-0.1, -0.05) is 76.2 Å². The summed E-state index contributed by atoms with van der Waals surface area (Å²) in [5, 5.41) is 0. The first-order valence-electron chi connectivity index (χ1n) is 3.46. The first-order chi connectivity index (χ1) is 6.21. The highest BCUT2D eigenvalue weighted by atomic mass is 35.6. The molecule has 0 N–H and O–H groups in total. The fraction of sp³-hybridized carbons (Fsp3) is 0.250. The Morgan fingerprint density at radius 1 is 0.929 bits per heavy atom. The summed E-state index contributed by atoms with van der Waals surface area (Å²) in [7, 11) is 0. The zero-order chi connectivity index (χ0) is 11.0. The maximum atomic E-state index is 13.1. The molecule has 0 bridgehead atoms. The highest BCUT2D eigenvalue weighted by Gasteiger charge is 2.29. The number of halogens is 6. The molecule has 0 radical (unpaired) electrons. The molecule has 14 heavy (non-hydrogen) atoms. The monoisotopic (exact) mass is 294 g/mol. The molecule has 0 aromatic heterocycles. The number of rotatable bonds is 1. The van der Waals surface area contributed by atoms with E-state index in [0.717, 1.165) is 0 Å². The van der Waals surface area contributed by atoms with E-state index in [1.165, 1.54) is 24.3 Å². The Morgan fingerprint density at radius 3 is 1.86 bits per heavy atom. The van der Waals surface area contributed by atoms with Crippen LogP contribution in [0.2, 0.25) is 0 Å². The van der Waals surface area contributed by atoms with Gasteiger partial charge in [0.25, 0.3) is 4.59 Å². The fourth-order valence-corrected chi connectivity index (χ4v) is 1.46. The molecular formula is C8H4Cl5F. The molecule has 0 aliphatic rings. The van der Waals surface area contributed by atoms with E-state index in [9.17, 15) is 4.39 Å². The molecule has 1 rings (SSSR count). The SMILES string of the molecule is FC(Cl)(Cl)c1cccc(C(Cl)(Cl)Cl)c1. The number of hydrogen-bond donors (Lipinski definition) is 0. The van der Waals surface area contributed by atoms with Crippen LogP contribution in [0.5, 0.6) is 0 Å². The van der Waals surface area contributed by atoms with Gasteiger partial charge in [-0.15, -0.1) is 0 Å². The predicted octanol–water partition coefficient (Wildman–Crippen LogP) is 5.07. The van der Waals surface area contributed by atoms with Gasteiger partial charge in [-0.25, -0.2) is 4.39 Å². The Balaban J connectivity index is 3.15. The highest BCUT2D eigenvalue weighted by molar-refractivity contribution is 6.66. The minimum Gasteiger partial charge on any atom is -0.203 e. The summed E-state index contributed by atoms with van der Waals surface area (Å²) in [6, 6.07) is 5.74. The van der Waals surface area contributed by atoms with Gasteiger partial charge in [0.15, 0.2) is 0 Å². The second kappa shape index (κ2) is 4.23. The third-order valence-corrected chi connectivity index (χ3v) is 2.61. The van der Waals surface area contributed by atoms with Crippen LogP contribution in [0.25, 0.3) is 0 Å². The number of alkyl halides is 6. The molecule has 0 nitrogen and oxygen atoms in total. The smallest absolute Gasteiger partial charge is 0.203 e. The van der Waals surface area contributed by atoms with Crippen molar-refractivity contribution in [3.8, 4) is 0 Å². The Labute approximate surface area is 106 Å². The molecule has 0 atom stereocenters. The van der Waals surface area contributed by atoms with Crippen LogP contribution in [0.1, 0.15) is 11.1 Å². The maximum absolute atomic E-state index is 13.1. The average Bonchev–Trinajstić information content (AvgIpc) is 2.01. The zero-order valence-electron chi connectivity index (χ0n) is 6.58. The molecule has 0 amide bonds. The summed E-state index contributed by atoms with van der Waals surface area (Å²) in [6.45, 7) is 0. The third kappa shape index (κ3) is 3.32. The van der Waals surface area contributed by atoms with Gasteiger partial charge in [-0.05, 0) is 6.07 Å². The van der Waals surface area contributed by atoms with Gasteiger partial charge in [0, 0.05) is 11.1 Å². The molecule has 1 aromatic rings. The molecule has 0 aliphatic carbocycles. The van der Waals surface area contributed by atoms with Crippen LogP contribution in [-0.2, 0) is 8.38 Å². The van der Waals surface area contributed by atoms with E-state index in [-0.39, 0.29) is 5.56 Å². The van der Waals surface area contributed by atoms with Crippen LogP contribution >= 0.6 is 58.0 Å². The molecule has 78 valence electrons. The summed E-state index contributed by atoms with van der Waals surface area (Å²) >= 11 is 27.3. The minimum absolute atomic E-state index is 0.0321. The first kappa shape index (κ1) is 12.7.